The van der Waals surface area contributed by atoms with Crippen LogP contribution in [-0.4, -0.2) is 34.6 Å². The van der Waals surface area contributed by atoms with Gasteiger partial charge in [0.2, 0.25) is 0 Å². The van der Waals surface area contributed by atoms with E-state index >= 15 is 0 Å². The number of sulfonamides is 1. The minimum absolute atomic E-state index is 0.00893. The molecular weight excluding hydrogens is 435 g/mol. The zero-order valence-electron chi connectivity index (χ0n) is 17.6. The van der Waals surface area contributed by atoms with Crippen LogP contribution in [0, 0.1) is 5.82 Å². The van der Waals surface area contributed by atoms with Crippen LogP contribution in [0.4, 0.5) is 15.8 Å². The van der Waals surface area contributed by atoms with Gasteiger partial charge >= 0.3 is 0 Å². The molecule has 7 nitrogen and oxygen atoms in total. The first-order valence-corrected chi connectivity index (χ1v) is 11.2. The molecule has 0 fully saturated rings. The number of hydrogen-bond acceptors (Lipinski definition) is 5. The molecule has 3 aromatic carbocycles. The molecule has 9 heteroatoms. The highest BCUT2D eigenvalue weighted by Crippen LogP contribution is 2.30. The topological polar surface area (TPSA) is 84.9 Å². The standard InChI is InChI=1S/C23H23FN2O5S/c1-3-26(18-9-5-4-6-10-18)32(28,29)20-12-13-22(30-2)21(15-20)25-23(27)16-31-19-11-7-8-17(24)14-19/h4-15H,3,16H2,1-2H3,(H,25,27). The Bertz CT molecular complexity index is 1190. The van der Waals surface area contributed by atoms with Crippen LogP contribution in [0.2, 0.25) is 0 Å². The molecule has 1 N–H and O–H groups in total. The third-order valence-corrected chi connectivity index (χ3v) is 6.43. The summed E-state index contributed by atoms with van der Waals surface area (Å²) < 4.78 is 51.6. The number of benzene rings is 3. The Hall–Kier alpha value is -3.59. The Morgan fingerprint density at radius 1 is 1.03 bits per heavy atom. The smallest absolute Gasteiger partial charge is 0.264 e. The molecule has 0 aliphatic rings. The SMILES string of the molecule is CCN(c1ccccc1)S(=O)(=O)c1ccc(OC)c(NC(=O)COc2cccc(F)c2)c1. The minimum atomic E-state index is -3.89. The van der Waals surface area contributed by atoms with Gasteiger partial charge in [0.1, 0.15) is 17.3 Å². The maximum absolute atomic E-state index is 13.3. The maximum atomic E-state index is 13.3. The van der Waals surface area contributed by atoms with Crippen molar-refractivity contribution < 1.29 is 27.1 Å². The van der Waals surface area contributed by atoms with E-state index in [1.54, 1.807) is 37.3 Å². The van der Waals surface area contributed by atoms with E-state index in [0.29, 0.717) is 5.69 Å². The molecule has 32 heavy (non-hydrogen) atoms. The number of nitrogens with zero attached hydrogens (tertiary/aromatic N) is 1. The molecule has 0 spiro atoms. The number of rotatable bonds is 9. The van der Waals surface area contributed by atoms with E-state index in [1.165, 1.54) is 47.8 Å². The van der Waals surface area contributed by atoms with Gasteiger partial charge in [-0.2, -0.15) is 0 Å². The Kier molecular flexibility index (Phi) is 7.32. The van der Waals surface area contributed by atoms with Crippen molar-refractivity contribution in [2.24, 2.45) is 0 Å². The first kappa shape index (κ1) is 23.1. The molecule has 3 aromatic rings. The Morgan fingerprint density at radius 2 is 1.78 bits per heavy atom. The molecule has 0 aromatic heterocycles. The lowest BCUT2D eigenvalue weighted by molar-refractivity contribution is -0.118. The zero-order chi connectivity index (χ0) is 23.1. The van der Waals surface area contributed by atoms with Crippen molar-refractivity contribution in [2.45, 2.75) is 11.8 Å². The van der Waals surface area contributed by atoms with Gasteiger partial charge in [-0.1, -0.05) is 24.3 Å². The molecule has 0 radical (unpaired) electrons. The van der Waals surface area contributed by atoms with Crippen LogP contribution in [0.5, 0.6) is 11.5 Å². The number of halogens is 1. The molecular formula is C23H23FN2O5S. The summed E-state index contributed by atoms with van der Waals surface area (Å²) in [6.07, 6.45) is 0. The summed E-state index contributed by atoms with van der Waals surface area (Å²) >= 11 is 0. The van der Waals surface area contributed by atoms with Gasteiger partial charge in [-0.05, 0) is 49.4 Å². The van der Waals surface area contributed by atoms with Gasteiger partial charge < -0.3 is 14.8 Å². The first-order chi connectivity index (χ1) is 15.3. The van der Waals surface area contributed by atoms with Crippen molar-refractivity contribution in [2.75, 3.05) is 29.9 Å². The second-order valence-electron chi connectivity index (χ2n) is 6.66. The number of carbonyl (C=O) groups is 1. The fourth-order valence-corrected chi connectivity index (χ4v) is 4.55. The average Bonchev–Trinajstić information content (AvgIpc) is 2.79. The second kappa shape index (κ2) is 10.1. The highest BCUT2D eigenvalue weighted by atomic mass is 32.2. The Labute approximate surface area is 186 Å². The molecule has 3 rings (SSSR count). The monoisotopic (exact) mass is 458 g/mol. The van der Waals surface area contributed by atoms with Crippen LogP contribution in [0.3, 0.4) is 0 Å². The highest BCUT2D eigenvalue weighted by molar-refractivity contribution is 7.92. The van der Waals surface area contributed by atoms with Crippen LogP contribution >= 0.6 is 0 Å². The fourth-order valence-electron chi connectivity index (χ4n) is 3.05. The van der Waals surface area contributed by atoms with E-state index in [4.69, 9.17) is 9.47 Å². The third-order valence-electron chi connectivity index (χ3n) is 4.53. The molecule has 0 atom stereocenters. The maximum Gasteiger partial charge on any atom is 0.264 e. The van der Waals surface area contributed by atoms with Crippen molar-refractivity contribution in [3.05, 3.63) is 78.6 Å². The normalized spacial score (nSPS) is 11.0. The lowest BCUT2D eigenvalue weighted by atomic mass is 10.3. The quantitative estimate of drug-likeness (QED) is 0.523. The number of para-hydroxylation sites is 1. The van der Waals surface area contributed by atoms with Crippen LogP contribution < -0.4 is 19.1 Å². The molecule has 1 amide bonds. The predicted octanol–water partition coefficient (Wildman–Crippen LogP) is 4.07. The van der Waals surface area contributed by atoms with Gasteiger partial charge in [-0.3, -0.25) is 9.10 Å². The van der Waals surface area contributed by atoms with Gasteiger partial charge in [0, 0.05) is 12.6 Å². The summed E-state index contributed by atoms with van der Waals surface area (Å²) in [7, 11) is -2.49. The molecule has 168 valence electrons. The van der Waals surface area contributed by atoms with Gasteiger partial charge in [-0.25, -0.2) is 12.8 Å². The lowest BCUT2D eigenvalue weighted by Gasteiger charge is -2.23. The average molecular weight is 459 g/mol. The fraction of sp³-hybridized carbons (Fsp3) is 0.174. The molecule has 0 saturated heterocycles. The van der Waals surface area contributed by atoms with Crippen LogP contribution in [0.1, 0.15) is 6.92 Å². The summed E-state index contributed by atoms with van der Waals surface area (Å²) in [6, 6.07) is 18.3. The molecule has 0 bridgehead atoms. The van der Waals surface area contributed by atoms with E-state index in [1.807, 2.05) is 0 Å². The van der Waals surface area contributed by atoms with Crippen molar-refractivity contribution in [1.82, 2.24) is 0 Å². The second-order valence-corrected chi connectivity index (χ2v) is 8.52. The van der Waals surface area contributed by atoms with E-state index in [0.717, 1.165) is 6.07 Å². The van der Waals surface area contributed by atoms with Crippen molar-refractivity contribution in [1.29, 1.82) is 0 Å². The van der Waals surface area contributed by atoms with Crippen LogP contribution in [0.25, 0.3) is 0 Å². The lowest BCUT2D eigenvalue weighted by Crippen LogP contribution is -2.30. The van der Waals surface area contributed by atoms with Crippen molar-refractivity contribution >= 4 is 27.3 Å². The number of amides is 1. The number of hydrogen-bond donors (Lipinski definition) is 1. The number of nitrogens with one attached hydrogen (secondary N) is 1. The summed E-state index contributed by atoms with van der Waals surface area (Å²) in [4.78, 5) is 12.4. The molecule has 0 saturated carbocycles. The number of carbonyl (C=O) groups excluding carboxylic acids is 1. The van der Waals surface area contributed by atoms with Crippen LogP contribution in [0.15, 0.2) is 77.7 Å². The summed E-state index contributed by atoms with van der Waals surface area (Å²) in [5.41, 5.74) is 0.699. The van der Waals surface area contributed by atoms with E-state index in [9.17, 15) is 17.6 Å². The van der Waals surface area contributed by atoms with E-state index in [-0.39, 0.29) is 28.6 Å². The molecule has 0 aliphatic carbocycles. The van der Waals surface area contributed by atoms with Crippen molar-refractivity contribution in [3.63, 3.8) is 0 Å². The summed E-state index contributed by atoms with van der Waals surface area (Å²) in [5.74, 6) is -0.561. The highest BCUT2D eigenvalue weighted by Gasteiger charge is 2.25. The van der Waals surface area contributed by atoms with Crippen molar-refractivity contribution in [3.8, 4) is 11.5 Å². The van der Waals surface area contributed by atoms with Crippen LogP contribution in [-0.2, 0) is 14.8 Å². The first-order valence-electron chi connectivity index (χ1n) is 9.79. The molecule has 0 heterocycles. The Balaban J connectivity index is 1.82. The predicted molar refractivity (Wildman–Crippen MR) is 120 cm³/mol. The van der Waals surface area contributed by atoms with E-state index < -0.39 is 28.4 Å². The van der Waals surface area contributed by atoms with Gasteiger partial charge in [0.15, 0.2) is 6.61 Å². The zero-order valence-corrected chi connectivity index (χ0v) is 18.4. The number of methoxy groups -OCH3 is 1. The van der Waals surface area contributed by atoms with Gasteiger partial charge in [-0.15, -0.1) is 0 Å². The largest absolute Gasteiger partial charge is 0.495 e. The number of ether oxygens (including phenoxy) is 2. The molecule has 0 aliphatic heterocycles. The van der Waals surface area contributed by atoms with Gasteiger partial charge in [0.25, 0.3) is 15.9 Å². The van der Waals surface area contributed by atoms with E-state index in [2.05, 4.69) is 5.32 Å². The third kappa shape index (κ3) is 5.36. The number of anilines is 2. The van der Waals surface area contributed by atoms with Gasteiger partial charge in [0.05, 0.1) is 23.4 Å². The Morgan fingerprint density at radius 3 is 2.44 bits per heavy atom. The minimum Gasteiger partial charge on any atom is -0.495 e. The summed E-state index contributed by atoms with van der Waals surface area (Å²) in [5, 5.41) is 2.59. The molecule has 0 unspecified atom stereocenters. The summed E-state index contributed by atoms with van der Waals surface area (Å²) in [6.45, 7) is 1.57.